The van der Waals surface area contributed by atoms with E-state index >= 15 is 0 Å². The lowest BCUT2D eigenvalue weighted by molar-refractivity contribution is 0.263. The number of hydrogen-bond donors (Lipinski definition) is 6. The molecular weight excluding hydrogens is 324 g/mol. The highest BCUT2D eigenvalue weighted by Crippen LogP contribution is 2.36. The summed E-state index contributed by atoms with van der Waals surface area (Å²) in [4.78, 5) is 0. The number of aliphatic hydroxyl groups excluding tert-OH is 4. The molecule has 6 heteroatoms. The predicted molar refractivity (Wildman–Crippen MR) is 92.0 cm³/mol. The van der Waals surface area contributed by atoms with Gasteiger partial charge >= 0.3 is 0 Å². The number of aliphatic hydroxyl groups is 4. The number of phenols is 2. The minimum absolute atomic E-state index is 0.124. The van der Waals surface area contributed by atoms with Crippen molar-refractivity contribution in [1.82, 2.24) is 0 Å². The lowest BCUT2D eigenvalue weighted by atomic mass is 9.85. The van der Waals surface area contributed by atoms with Crippen LogP contribution in [0.1, 0.15) is 52.6 Å². The fourth-order valence-electron chi connectivity index (χ4n) is 3.12. The fraction of sp³-hybridized carbons (Fsp3) is 0.368. The van der Waals surface area contributed by atoms with Crippen LogP contribution in [0.3, 0.4) is 0 Å². The van der Waals surface area contributed by atoms with Gasteiger partial charge in [0.1, 0.15) is 11.5 Å². The number of rotatable bonds is 7. The molecule has 0 saturated heterocycles. The molecule has 0 aliphatic heterocycles. The average molecular weight is 348 g/mol. The molecule has 0 heterocycles. The van der Waals surface area contributed by atoms with Gasteiger partial charge in [-0.3, -0.25) is 0 Å². The number of benzene rings is 2. The molecule has 0 saturated carbocycles. The smallest absolute Gasteiger partial charge is 0.126 e. The van der Waals surface area contributed by atoms with Crippen molar-refractivity contribution in [3.63, 3.8) is 0 Å². The van der Waals surface area contributed by atoms with Gasteiger partial charge in [0.05, 0.1) is 26.4 Å². The number of aromatic hydroxyl groups is 2. The molecule has 6 N–H and O–H groups in total. The first-order valence-electron chi connectivity index (χ1n) is 8.13. The van der Waals surface area contributed by atoms with Crippen molar-refractivity contribution in [3.8, 4) is 11.5 Å². The molecule has 0 aliphatic carbocycles. The Bertz CT molecular complexity index is 629. The number of hydrogen-bond acceptors (Lipinski definition) is 6. The Morgan fingerprint density at radius 2 is 0.920 bits per heavy atom. The normalized spacial score (nSPS) is 11.3. The van der Waals surface area contributed by atoms with Crippen LogP contribution in [0.25, 0.3) is 0 Å². The molecule has 0 aromatic heterocycles. The third kappa shape index (κ3) is 3.77. The Morgan fingerprint density at radius 3 is 1.12 bits per heavy atom. The highest BCUT2D eigenvalue weighted by Gasteiger charge is 2.19. The molecule has 6 nitrogen and oxygen atoms in total. The van der Waals surface area contributed by atoms with Crippen LogP contribution in [0.2, 0.25) is 0 Å². The predicted octanol–water partition coefficient (Wildman–Crippen LogP) is 1.61. The topological polar surface area (TPSA) is 121 Å². The van der Waals surface area contributed by atoms with Crippen molar-refractivity contribution in [2.75, 3.05) is 0 Å². The van der Waals surface area contributed by atoms with E-state index in [0.29, 0.717) is 28.7 Å². The van der Waals surface area contributed by atoms with E-state index in [2.05, 4.69) is 0 Å². The molecule has 0 amide bonds. The maximum atomic E-state index is 10.0. The molecular formula is C19H24O6. The van der Waals surface area contributed by atoms with E-state index in [0.717, 1.165) is 11.1 Å². The molecule has 2 aromatic carbocycles. The van der Waals surface area contributed by atoms with Crippen LogP contribution in [0.15, 0.2) is 24.3 Å². The fourth-order valence-corrected chi connectivity index (χ4v) is 3.12. The van der Waals surface area contributed by atoms with Crippen LogP contribution in [-0.4, -0.2) is 30.6 Å². The molecule has 25 heavy (non-hydrogen) atoms. The van der Waals surface area contributed by atoms with Crippen molar-refractivity contribution in [1.29, 1.82) is 0 Å². The van der Waals surface area contributed by atoms with Gasteiger partial charge in [0.2, 0.25) is 0 Å². The second-order valence-electron chi connectivity index (χ2n) is 5.97. The SMILES string of the molecule is CCC(c1cc(CO)c(O)c(CO)c1)c1cc(CO)c(O)c(CO)c1. The molecule has 0 unspecified atom stereocenters. The quantitative estimate of drug-likeness (QED) is 0.452. The minimum atomic E-state index is -0.359. The Kier molecular flexibility index (Phi) is 6.39. The van der Waals surface area contributed by atoms with E-state index in [4.69, 9.17) is 0 Å². The lowest BCUT2D eigenvalue weighted by Gasteiger charge is -2.21. The van der Waals surface area contributed by atoms with Crippen molar-refractivity contribution >= 4 is 0 Å². The van der Waals surface area contributed by atoms with E-state index in [-0.39, 0.29) is 43.8 Å². The standard InChI is InChI=1S/C19H24O6/c1-2-17(11-3-13(7-20)18(24)14(4-11)8-21)12-5-15(9-22)19(25)16(6-12)10-23/h3-6,17,20-25H,2,7-10H2,1H3. The largest absolute Gasteiger partial charge is 0.507 e. The molecule has 0 bridgehead atoms. The third-order valence-corrected chi connectivity index (χ3v) is 4.47. The highest BCUT2D eigenvalue weighted by atomic mass is 16.3. The summed E-state index contributed by atoms with van der Waals surface area (Å²) in [7, 11) is 0. The monoisotopic (exact) mass is 348 g/mol. The van der Waals surface area contributed by atoms with Gasteiger partial charge in [-0.2, -0.15) is 0 Å². The summed E-state index contributed by atoms with van der Waals surface area (Å²) in [6.45, 7) is 0.523. The Balaban J connectivity index is 2.61. The average Bonchev–Trinajstić information content (AvgIpc) is 2.64. The summed E-state index contributed by atoms with van der Waals surface area (Å²) in [6, 6.07) is 6.69. The molecule has 0 fully saturated rings. The van der Waals surface area contributed by atoms with Gasteiger partial charge in [0.15, 0.2) is 0 Å². The molecule has 0 radical (unpaired) electrons. The van der Waals surface area contributed by atoms with E-state index in [1.165, 1.54) is 0 Å². The maximum Gasteiger partial charge on any atom is 0.126 e. The molecule has 0 atom stereocenters. The second-order valence-corrected chi connectivity index (χ2v) is 5.97. The summed E-state index contributed by atoms with van der Waals surface area (Å²) in [5, 5.41) is 57.8. The van der Waals surface area contributed by atoms with Crippen LogP contribution < -0.4 is 0 Å². The van der Waals surface area contributed by atoms with E-state index in [1.54, 1.807) is 24.3 Å². The van der Waals surface area contributed by atoms with Crippen molar-refractivity contribution < 1.29 is 30.6 Å². The summed E-state index contributed by atoms with van der Waals surface area (Å²) in [5.41, 5.74) is 2.86. The van der Waals surface area contributed by atoms with Gasteiger partial charge in [0.25, 0.3) is 0 Å². The first-order chi connectivity index (χ1) is 12.0. The third-order valence-electron chi connectivity index (χ3n) is 4.47. The summed E-state index contributed by atoms with van der Waals surface area (Å²) < 4.78 is 0. The molecule has 0 spiro atoms. The first-order valence-corrected chi connectivity index (χ1v) is 8.13. The van der Waals surface area contributed by atoms with Crippen LogP contribution in [-0.2, 0) is 26.4 Å². The zero-order chi connectivity index (χ0) is 18.6. The highest BCUT2D eigenvalue weighted by molar-refractivity contribution is 5.49. The van der Waals surface area contributed by atoms with Gasteiger partial charge in [-0.25, -0.2) is 0 Å². The van der Waals surface area contributed by atoms with Gasteiger partial charge in [-0.1, -0.05) is 6.92 Å². The van der Waals surface area contributed by atoms with Crippen LogP contribution in [0.4, 0.5) is 0 Å². The minimum Gasteiger partial charge on any atom is -0.507 e. The van der Waals surface area contributed by atoms with Crippen LogP contribution in [0.5, 0.6) is 11.5 Å². The van der Waals surface area contributed by atoms with Gasteiger partial charge < -0.3 is 30.6 Å². The van der Waals surface area contributed by atoms with Gasteiger partial charge in [0, 0.05) is 28.2 Å². The Labute approximate surface area is 146 Å². The van der Waals surface area contributed by atoms with E-state index in [9.17, 15) is 30.6 Å². The van der Waals surface area contributed by atoms with Crippen LogP contribution >= 0.6 is 0 Å². The van der Waals surface area contributed by atoms with E-state index in [1.807, 2.05) is 6.92 Å². The zero-order valence-corrected chi connectivity index (χ0v) is 14.1. The summed E-state index contributed by atoms with van der Waals surface area (Å²) in [5.74, 6) is -0.407. The summed E-state index contributed by atoms with van der Waals surface area (Å²) in [6.07, 6.45) is 0.668. The molecule has 0 aliphatic rings. The van der Waals surface area contributed by atoms with Gasteiger partial charge in [-0.05, 0) is 41.8 Å². The van der Waals surface area contributed by atoms with Crippen molar-refractivity contribution in [2.24, 2.45) is 0 Å². The van der Waals surface area contributed by atoms with Crippen LogP contribution in [0, 0.1) is 0 Å². The maximum absolute atomic E-state index is 10.0. The van der Waals surface area contributed by atoms with Crippen molar-refractivity contribution in [2.45, 2.75) is 45.7 Å². The Hall–Kier alpha value is -2.12. The first kappa shape index (κ1) is 19.2. The lowest BCUT2D eigenvalue weighted by Crippen LogP contribution is -2.05. The summed E-state index contributed by atoms with van der Waals surface area (Å²) >= 11 is 0. The molecule has 2 aromatic rings. The van der Waals surface area contributed by atoms with Gasteiger partial charge in [-0.15, -0.1) is 0 Å². The van der Waals surface area contributed by atoms with Crippen molar-refractivity contribution in [3.05, 3.63) is 57.6 Å². The Morgan fingerprint density at radius 1 is 0.640 bits per heavy atom. The molecule has 136 valence electrons. The van der Waals surface area contributed by atoms with E-state index < -0.39 is 0 Å². The zero-order valence-electron chi connectivity index (χ0n) is 14.1. The second kappa shape index (κ2) is 8.31. The molecule has 2 rings (SSSR count).